The fourth-order valence-electron chi connectivity index (χ4n) is 1.58. The van der Waals surface area contributed by atoms with Gasteiger partial charge in [0.1, 0.15) is 0 Å². The molecule has 1 saturated heterocycles. The Balaban J connectivity index is 2.08. The molecule has 1 aliphatic rings. The van der Waals surface area contributed by atoms with Crippen molar-refractivity contribution in [3.63, 3.8) is 0 Å². The molecule has 0 bridgehead atoms. The van der Waals surface area contributed by atoms with Crippen molar-refractivity contribution in [3.05, 3.63) is 0 Å². The summed E-state index contributed by atoms with van der Waals surface area (Å²) in [5, 5.41) is 1.09. The molecule has 0 aromatic heterocycles. The zero-order valence-corrected chi connectivity index (χ0v) is 9.92. The standard InChI is InChI=1S/C9H19BrN2O/c1-13-9-8-12-6-4-11(3-2-10)5-7-12/h2-9H2,1H3. The van der Waals surface area contributed by atoms with Gasteiger partial charge in [0.05, 0.1) is 6.61 Å². The van der Waals surface area contributed by atoms with E-state index in [1.807, 2.05) is 0 Å². The second kappa shape index (κ2) is 6.76. The van der Waals surface area contributed by atoms with Crippen molar-refractivity contribution in [1.82, 2.24) is 9.80 Å². The second-order valence-corrected chi connectivity index (χ2v) is 4.16. The average molecular weight is 251 g/mol. The Labute approximate surface area is 89.2 Å². The van der Waals surface area contributed by atoms with Crippen LogP contribution in [0.1, 0.15) is 0 Å². The average Bonchev–Trinajstić information content (AvgIpc) is 2.17. The van der Waals surface area contributed by atoms with Crippen molar-refractivity contribution in [1.29, 1.82) is 0 Å². The van der Waals surface area contributed by atoms with Crippen LogP contribution in [0.2, 0.25) is 0 Å². The molecule has 0 radical (unpaired) electrons. The van der Waals surface area contributed by atoms with Gasteiger partial charge in [-0.2, -0.15) is 0 Å². The number of piperazine rings is 1. The molecule has 0 aromatic rings. The van der Waals surface area contributed by atoms with Crippen molar-refractivity contribution in [2.75, 3.05) is 58.3 Å². The topological polar surface area (TPSA) is 15.7 Å². The monoisotopic (exact) mass is 250 g/mol. The summed E-state index contributed by atoms with van der Waals surface area (Å²) >= 11 is 3.47. The van der Waals surface area contributed by atoms with Crippen molar-refractivity contribution in [2.24, 2.45) is 0 Å². The van der Waals surface area contributed by atoms with Crippen molar-refractivity contribution in [2.45, 2.75) is 0 Å². The lowest BCUT2D eigenvalue weighted by Gasteiger charge is -2.34. The van der Waals surface area contributed by atoms with Crippen LogP contribution in [0.3, 0.4) is 0 Å². The van der Waals surface area contributed by atoms with Gasteiger partial charge < -0.3 is 4.74 Å². The third kappa shape index (κ3) is 4.40. The van der Waals surface area contributed by atoms with Crippen LogP contribution in [0.5, 0.6) is 0 Å². The Morgan fingerprint density at radius 3 is 2.08 bits per heavy atom. The first-order valence-corrected chi connectivity index (χ1v) is 5.98. The quantitative estimate of drug-likeness (QED) is 0.667. The zero-order valence-electron chi connectivity index (χ0n) is 8.34. The lowest BCUT2D eigenvalue weighted by Crippen LogP contribution is -2.47. The zero-order chi connectivity index (χ0) is 9.52. The Kier molecular flexibility index (Phi) is 5.95. The van der Waals surface area contributed by atoms with Crippen LogP contribution in [0.15, 0.2) is 0 Å². The summed E-state index contributed by atoms with van der Waals surface area (Å²) in [7, 11) is 1.76. The van der Waals surface area contributed by atoms with Crippen LogP contribution in [0, 0.1) is 0 Å². The van der Waals surface area contributed by atoms with E-state index in [0.29, 0.717) is 0 Å². The molecular weight excluding hydrogens is 232 g/mol. The third-order valence-electron chi connectivity index (χ3n) is 2.48. The maximum absolute atomic E-state index is 5.06. The maximum Gasteiger partial charge on any atom is 0.0589 e. The van der Waals surface area contributed by atoms with Crippen LogP contribution in [0.4, 0.5) is 0 Å². The largest absolute Gasteiger partial charge is 0.383 e. The van der Waals surface area contributed by atoms with Gasteiger partial charge in [-0.05, 0) is 0 Å². The lowest BCUT2D eigenvalue weighted by molar-refractivity contribution is 0.100. The van der Waals surface area contributed by atoms with Crippen LogP contribution in [-0.4, -0.2) is 68.1 Å². The van der Waals surface area contributed by atoms with Gasteiger partial charge in [0.2, 0.25) is 0 Å². The van der Waals surface area contributed by atoms with E-state index in [0.717, 1.165) is 18.5 Å². The molecule has 0 amide bonds. The molecule has 1 fully saturated rings. The number of halogens is 1. The van der Waals surface area contributed by atoms with Gasteiger partial charge in [-0.3, -0.25) is 9.80 Å². The number of hydrogen-bond donors (Lipinski definition) is 0. The minimum Gasteiger partial charge on any atom is -0.383 e. The summed E-state index contributed by atoms with van der Waals surface area (Å²) in [6.07, 6.45) is 0. The van der Waals surface area contributed by atoms with Crippen molar-refractivity contribution >= 4 is 15.9 Å². The number of ether oxygens (including phenoxy) is 1. The first-order valence-electron chi connectivity index (χ1n) is 4.86. The van der Waals surface area contributed by atoms with E-state index in [-0.39, 0.29) is 0 Å². The molecule has 0 N–H and O–H groups in total. The molecule has 4 heteroatoms. The Bertz CT molecular complexity index is 127. The van der Waals surface area contributed by atoms with Crippen molar-refractivity contribution < 1.29 is 4.74 Å². The minimum absolute atomic E-state index is 0.860. The molecule has 1 heterocycles. The highest BCUT2D eigenvalue weighted by Crippen LogP contribution is 2.01. The van der Waals surface area contributed by atoms with Crippen molar-refractivity contribution in [3.8, 4) is 0 Å². The predicted molar refractivity (Wildman–Crippen MR) is 58.6 cm³/mol. The molecule has 0 spiro atoms. The third-order valence-corrected chi connectivity index (χ3v) is 2.83. The Hall–Kier alpha value is 0.360. The lowest BCUT2D eigenvalue weighted by atomic mass is 10.3. The first kappa shape index (κ1) is 11.4. The highest BCUT2D eigenvalue weighted by Gasteiger charge is 2.15. The molecule has 1 aliphatic heterocycles. The fourth-order valence-corrected chi connectivity index (χ4v) is 2.08. The van der Waals surface area contributed by atoms with Crippen LogP contribution >= 0.6 is 15.9 Å². The van der Waals surface area contributed by atoms with Gasteiger partial charge in [0.15, 0.2) is 0 Å². The molecular formula is C9H19BrN2O. The summed E-state index contributed by atoms with van der Waals surface area (Å²) in [5.41, 5.74) is 0. The molecule has 0 unspecified atom stereocenters. The highest BCUT2D eigenvalue weighted by molar-refractivity contribution is 9.09. The van der Waals surface area contributed by atoms with E-state index in [1.54, 1.807) is 7.11 Å². The van der Waals surface area contributed by atoms with Gasteiger partial charge in [-0.15, -0.1) is 0 Å². The van der Waals surface area contributed by atoms with E-state index in [4.69, 9.17) is 4.74 Å². The highest BCUT2D eigenvalue weighted by atomic mass is 79.9. The fraction of sp³-hybridized carbons (Fsp3) is 1.00. The SMILES string of the molecule is COCCN1CCN(CCBr)CC1. The molecule has 78 valence electrons. The van der Waals surface area contributed by atoms with E-state index in [1.165, 1.54) is 32.7 Å². The van der Waals surface area contributed by atoms with E-state index >= 15 is 0 Å². The predicted octanol–water partition coefficient (Wildman–Crippen LogP) is 0.645. The van der Waals surface area contributed by atoms with Gasteiger partial charge in [0, 0.05) is 51.7 Å². The van der Waals surface area contributed by atoms with Crippen LogP contribution < -0.4 is 0 Å². The van der Waals surface area contributed by atoms with E-state index in [2.05, 4.69) is 25.7 Å². The molecule has 13 heavy (non-hydrogen) atoms. The number of methoxy groups -OCH3 is 1. The first-order chi connectivity index (χ1) is 6.36. The Morgan fingerprint density at radius 1 is 1.08 bits per heavy atom. The minimum atomic E-state index is 0.860. The smallest absolute Gasteiger partial charge is 0.0589 e. The summed E-state index contributed by atoms with van der Waals surface area (Å²) in [6, 6.07) is 0. The Morgan fingerprint density at radius 2 is 1.62 bits per heavy atom. The number of alkyl halides is 1. The molecule has 0 aliphatic carbocycles. The van der Waals surface area contributed by atoms with E-state index in [9.17, 15) is 0 Å². The van der Waals surface area contributed by atoms with Gasteiger partial charge in [0.25, 0.3) is 0 Å². The van der Waals surface area contributed by atoms with Crippen LogP contribution in [0.25, 0.3) is 0 Å². The van der Waals surface area contributed by atoms with Gasteiger partial charge in [-0.1, -0.05) is 15.9 Å². The maximum atomic E-state index is 5.06. The molecule has 0 saturated carbocycles. The summed E-state index contributed by atoms with van der Waals surface area (Å²) in [4.78, 5) is 4.96. The number of rotatable bonds is 5. The molecule has 1 rings (SSSR count). The van der Waals surface area contributed by atoms with Gasteiger partial charge >= 0.3 is 0 Å². The summed E-state index contributed by atoms with van der Waals surface area (Å²) in [6.45, 7) is 7.91. The molecule has 0 atom stereocenters. The molecule has 3 nitrogen and oxygen atoms in total. The van der Waals surface area contributed by atoms with E-state index < -0.39 is 0 Å². The number of hydrogen-bond acceptors (Lipinski definition) is 3. The number of nitrogens with zero attached hydrogens (tertiary/aromatic N) is 2. The second-order valence-electron chi connectivity index (χ2n) is 3.37. The van der Waals surface area contributed by atoms with Gasteiger partial charge in [-0.25, -0.2) is 0 Å². The normalized spacial score (nSPS) is 20.8. The molecule has 0 aromatic carbocycles. The van der Waals surface area contributed by atoms with Crippen LogP contribution in [-0.2, 0) is 4.74 Å². The summed E-state index contributed by atoms with van der Waals surface area (Å²) < 4.78 is 5.06. The summed E-state index contributed by atoms with van der Waals surface area (Å²) in [5.74, 6) is 0.